The number of aliphatic hydroxyl groups is 1. The zero-order valence-corrected chi connectivity index (χ0v) is 11.9. The van der Waals surface area contributed by atoms with Crippen LogP contribution in [0.4, 0.5) is 0 Å². The van der Waals surface area contributed by atoms with Crippen molar-refractivity contribution in [3.05, 3.63) is 46.7 Å². The lowest BCUT2D eigenvalue weighted by atomic mass is 10.0. The second-order valence-corrected chi connectivity index (χ2v) is 4.39. The van der Waals surface area contributed by atoms with Crippen LogP contribution in [0.25, 0.3) is 0 Å². The van der Waals surface area contributed by atoms with Crippen molar-refractivity contribution in [3.8, 4) is 5.75 Å². The third kappa shape index (κ3) is 4.09. The number of ketones is 1. The molecule has 0 spiro atoms. The fourth-order valence-corrected chi connectivity index (χ4v) is 1.74. The summed E-state index contributed by atoms with van der Waals surface area (Å²) in [5, 5.41) is 10.2. The topological polar surface area (TPSA) is 46.5 Å². The molecule has 3 heteroatoms. The van der Waals surface area contributed by atoms with Crippen LogP contribution in [0.5, 0.6) is 5.75 Å². The summed E-state index contributed by atoms with van der Waals surface area (Å²) in [4.78, 5) is 11.5. The summed E-state index contributed by atoms with van der Waals surface area (Å²) in [5.41, 5.74) is 4.89. The molecular formula is C16H20O3. The molecule has 0 aromatic heterocycles. The Balaban J connectivity index is 3.01. The predicted octanol–water partition coefficient (Wildman–Crippen LogP) is 3.20. The number of hydrogen-bond acceptors (Lipinski definition) is 3. The maximum Gasteiger partial charge on any atom is 0.165 e. The molecule has 0 aliphatic heterocycles. The van der Waals surface area contributed by atoms with Gasteiger partial charge in [0.05, 0.1) is 7.11 Å². The van der Waals surface area contributed by atoms with Gasteiger partial charge in [0.1, 0.15) is 11.9 Å². The maximum atomic E-state index is 11.5. The summed E-state index contributed by atoms with van der Waals surface area (Å²) in [6.07, 6.45) is -0.310. The minimum absolute atomic E-state index is 0.0429. The first-order valence-corrected chi connectivity index (χ1v) is 6.28. The van der Waals surface area contributed by atoms with Crippen molar-refractivity contribution >= 4 is 5.78 Å². The third-order valence-corrected chi connectivity index (χ3v) is 2.97. The number of hydrogen-bond donors (Lipinski definition) is 1. The van der Waals surface area contributed by atoms with E-state index in [0.717, 1.165) is 11.3 Å². The van der Waals surface area contributed by atoms with Crippen LogP contribution in [0.15, 0.2) is 41.1 Å². The smallest absolute Gasteiger partial charge is 0.165 e. The summed E-state index contributed by atoms with van der Waals surface area (Å²) in [7, 11) is 1.60. The summed E-state index contributed by atoms with van der Waals surface area (Å²) in [5.74, 6) is 0.784. The number of rotatable bonds is 5. The van der Waals surface area contributed by atoms with Gasteiger partial charge in [-0.05, 0) is 31.5 Å². The molecule has 1 unspecified atom stereocenters. The molecule has 3 nitrogen and oxygen atoms in total. The quantitative estimate of drug-likeness (QED) is 0.653. The molecule has 1 aromatic carbocycles. The van der Waals surface area contributed by atoms with Crippen LogP contribution in [0.2, 0.25) is 0 Å². The van der Waals surface area contributed by atoms with E-state index < -0.39 is 6.10 Å². The van der Waals surface area contributed by atoms with Gasteiger partial charge in [-0.3, -0.25) is 4.79 Å². The van der Waals surface area contributed by atoms with E-state index in [-0.39, 0.29) is 5.78 Å². The summed E-state index contributed by atoms with van der Waals surface area (Å²) in [6.45, 7) is 5.29. The number of Topliss-reactive ketones (excluding diaryl/α,β-unsaturated/α-hetero) is 1. The first-order chi connectivity index (χ1) is 8.99. The van der Waals surface area contributed by atoms with Crippen molar-refractivity contribution in [2.45, 2.75) is 33.3 Å². The van der Waals surface area contributed by atoms with Crippen LogP contribution in [0.3, 0.4) is 0 Å². The minimum atomic E-state index is -0.759. The highest BCUT2D eigenvalue weighted by Gasteiger charge is 2.10. The number of benzene rings is 1. The minimum Gasteiger partial charge on any atom is -0.497 e. The number of ether oxygens (including phenoxy) is 1. The Morgan fingerprint density at radius 2 is 1.89 bits per heavy atom. The normalized spacial score (nSPS) is 11.4. The second kappa shape index (κ2) is 6.93. The Hall–Kier alpha value is -1.83. The SMILES string of the molecule is CCC(=O)C(C)=C=C(C)C(O)c1ccc(OC)cc1. The van der Waals surface area contributed by atoms with Crippen molar-refractivity contribution in [2.24, 2.45) is 0 Å². The van der Waals surface area contributed by atoms with Crippen molar-refractivity contribution in [1.29, 1.82) is 0 Å². The third-order valence-electron chi connectivity index (χ3n) is 2.97. The van der Waals surface area contributed by atoms with E-state index in [1.54, 1.807) is 45.2 Å². The van der Waals surface area contributed by atoms with Gasteiger partial charge >= 0.3 is 0 Å². The molecule has 0 aliphatic rings. The lowest BCUT2D eigenvalue weighted by Gasteiger charge is -2.10. The van der Waals surface area contributed by atoms with Gasteiger partial charge in [0, 0.05) is 17.6 Å². The number of aliphatic hydroxyl groups excluding tert-OH is 1. The molecule has 102 valence electrons. The van der Waals surface area contributed by atoms with Crippen molar-refractivity contribution in [1.82, 2.24) is 0 Å². The van der Waals surface area contributed by atoms with Crippen LogP contribution in [-0.2, 0) is 4.79 Å². The lowest BCUT2D eigenvalue weighted by Crippen LogP contribution is -2.00. The van der Waals surface area contributed by atoms with Gasteiger partial charge in [0.15, 0.2) is 5.78 Å². The van der Waals surface area contributed by atoms with Crippen LogP contribution >= 0.6 is 0 Å². The highest BCUT2D eigenvalue weighted by molar-refractivity contribution is 5.94. The molecule has 0 radical (unpaired) electrons. The number of carbonyl (C=O) groups is 1. The van der Waals surface area contributed by atoms with Gasteiger partial charge in [0.25, 0.3) is 0 Å². The molecule has 0 heterocycles. The molecular weight excluding hydrogens is 240 g/mol. The molecule has 1 N–H and O–H groups in total. The van der Waals surface area contributed by atoms with Crippen LogP contribution < -0.4 is 4.74 Å². The monoisotopic (exact) mass is 260 g/mol. The van der Waals surface area contributed by atoms with E-state index in [0.29, 0.717) is 17.6 Å². The van der Waals surface area contributed by atoms with Crippen molar-refractivity contribution < 1.29 is 14.6 Å². The van der Waals surface area contributed by atoms with Gasteiger partial charge in [-0.1, -0.05) is 19.1 Å². The van der Waals surface area contributed by atoms with E-state index in [4.69, 9.17) is 4.74 Å². The Morgan fingerprint density at radius 3 is 2.37 bits per heavy atom. The molecule has 0 saturated carbocycles. The number of carbonyl (C=O) groups excluding carboxylic acids is 1. The van der Waals surface area contributed by atoms with Crippen LogP contribution in [-0.4, -0.2) is 18.0 Å². The molecule has 0 aliphatic carbocycles. The van der Waals surface area contributed by atoms with Crippen molar-refractivity contribution in [2.75, 3.05) is 7.11 Å². The van der Waals surface area contributed by atoms with Crippen molar-refractivity contribution in [3.63, 3.8) is 0 Å². The first-order valence-electron chi connectivity index (χ1n) is 6.28. The van der Waals surface area contributed by atoms with Gasteiger partial charge < -0.3 is 9.84 Å². The largest absolute Gasteiger partial charge is 0.497 e. The lowest BCUT2D eigenvalue weighted by molar-refractivity contribution is -0.115. The summed E-state index contributed by atoms with van der Waals surface area (Å²) < 4.78 is 5.07. The molecule has 0 saturated heterocycles. The van der Waals surface area contributed by atoms with Gasteiger partial charge in [0.2, 0.25) is 0 Å². The Kier molecular flexibility index (Phi) is 5.56. The van der Waals surface area contributed by atoms with Gasteiger partial charge in [-0.15, -0.1) is 5.73 Å². The van der Waals surface area contributed by atoms with E-state index in [1.807, 2.05) is 6.92 Å². The average molecular weight is 260 g/mol. The molecule has 1 aromatic rings. The standard InChI is InChI=1S/C16H20O3/c1-5-15(17)11(2)10-12(3)16(18)13-6-8-14(19-4)9-7-13/h6-9,16,18H,5H2,1-4H3. The zero-order valence-electron chi connectivity index (χ0n) is 11.9. The molecule has 1 atom stereocenters. The van der Waals surface area contributed by atoms with Crippen LogP contribution in [0, 0.1) is 0 Å². The van der Waals surface area contributed by atoms with Gasteiger partial charge in [-0.2, -0.15) is 0 Å². The zero-order chi connectivity index (χ0) is 14.4. The fourth-order valence-electron chi connectivity index (χ4n) is 1.74. The molecule has 1 rings (SSSR count). The molecule has 0 fully saturated rings. The highest BCUT2D eigenvalue weighted by atomic mass is 16.5. The maximum absolute atomic E-state index is 11.5. The Labute approximate surface area is 114 Å². The van der Waals surface area contributed by atoms with E-state index in [1.165, 1.54) is 0 Å². The van der Waals surface area contributed by atoms with Gasteiger partial charge in [-0.25, -0.2) is 0 Å². The Morgan fingerprint density at radius 1 is 1.32 bits per heavy atom. The molecule has 19 heavy (non-hydrogen) atoms. The molecule has 0 bridgehead atoms. The van der Waals surface area contributed by atoms with E-state index >= 15 is 0 Å². The predicted molar refractivity (Wildman–Crippen MR) is 75.1 cm³/mol. The fraction of sp³-hybridized carbons (Fsp3) is 0.375. The Bertz CT molecular complexity index is 505. The highest BCUT2D eigenvalue weighted by Crippen LogP contribution is 2.23. The van der Waals surface area contributed by atoms with Crippen LogP contribution in [0.1, 0.15) is 38.9 Å². The molecule has 0 amide bonds. The summed E-state index contributed by atoms with van der Waals surface area (Å²) in [6, 6.07) is 7.18. The summed E-state index contributed by atoms with van der Waals surface area (Å²) >= 11 is 0. The number of methoxy groups -OCH3 is 1. The average Bonchev–Trinajstić information content (AvgIpc) is 2.45. The van der Waals surface area contributed by atoms with E-state index in [2.05, 4.69) is 5.73 Å². The second-order valence-electron chi connectivity index (χ2n) is 4.39. The first kappa shape index (κ1) is 15.2. The van der Waals surface area contributed by atoms with E-state index in [9.17, 15) is 9.90 Å².